The van der Waals surface area contributed by atoms with Gasteiger partial charge in [-0.1, -0.05) is 0 Å². The summed E-state index contributed by atoms with van der Waals surface area (Å²) in [4.78, 5) is 13.6. The highest BCUT2D eigenvalue weighted by molar-refractivity contribution is 5.83. The number of nitrogens with two attached hydrogens (primary N) is 1. The third-order valence-electron chi connectivity index (χ3n) is 6.22. The lowest BCUT2D eigenvalue weighted by Crippen LogP contribution is -2.60. The first-order valence-electron chi connectivity index (χ1n) is 10.0. The molecule has 5 nitrogen and oxygen atoms in total. The Bertz CT molecular complexity index is 783. The molecule has 9 heteroatoms. The van der Waals surface area contributed by atoms with E-state index in [4.69, 9.17) is 10.5 Å². The van der Waals surface area contributed by atoms with Gasteiger partial charge in [0.05, 0.1) is 18.8 Å². The van der Waals surface area contributed by atoms with E-state index < -0.39 is 41.5 Å². The number of alkyl halides is 2. The number of rotatable bonds is 0. The topological polar surface area (TPSA) is 64.8 Å². The van der Waals surface area contributed by atoms with Crippen molar-refractivity contribution in [1.82, 2.24) is 4.90 Å². The summed E-state index contributed by atoms with van der Waals surface area (Å²) in [5.41, 5.74) is 6.13. The Hall–Kier alpha value is -1.87. The summed E-state index contributed by atoms with van der Waals surface area (Å²) in [5, 5.41) is 0. The Balaban J connectivity index is 1.76. The molecule has 0 unspecified atom stereocenters. The molecule has 1 amide bonds. The van der Waals surface area contributed by atoms with E-state index in [9.17, 15) is 22.4 Å². The number of carbonyl (C=O) groups excluding carboxylic acids is 1. The van der Waals surface area contributed by atoms with Crippen molar-refractivity contribution in [2.75, 3.05) is 13.2 Å². The van der Waals surface area contributed by atoms with E-state index in [2.05, 4.69) is 4.74 Å². The molecule has 3 aliphatic heterocycles. The molecule has 1 aromatic rings. The van der Waals surface area contributed by atoms with Gasteiger partial charge in [0.2, 0.25) is 0 Å². The van der Waals surface area contributed by atoms with Crippen LogP contribution in [0.5, 0.6) is 5.75 Å². The summed E-state index contributed by atoms with van der Waals surface area (Å²) < 4.78 is 68.6. The van der Waals surface area contributed by atoms with Crippen LogP contribution in [-0.4, -0.2) is 48.3 Å². The van der Waals surface area contributed by atoms with Crippen LogP contribution >= 0.6 is 0 Å². The fourth-order valence-electron chi connectivity index (χ4n) is 4.66. The maximum Gasteiger partial charge on any atom is 0.482 e. The average Bonchev–Trinajstić information content (AvgIpc) is 2.69. The molecule has 2 fully saturated rings. The van der Waals surface area contributed by atoms with E-state index in [1.807, 2.05) is 0 Å². The minimum Gasteiger partial charge on any atom is -0.422 e. The summed E-state index contributed by atoms with van der Waals surface area (Å²) in [6.45, 7) is 0.153. The molecule has 0 aromatic heterocycles. The van der Waals surface area contributed by atoms with Crippen molar-refractivity contribution in [3.05, 3.63) is 29.3 Å². The van der Waals surface area contributed by atoms with Crippen LogP contribution in [-0.2, 0) is 9.53 Å². The van der Waals surface area contributed by atoms with Crippen molar-refractivity contribution in [3.8, 4) is 5.75 Å². The molecule has 0 spiro atoms. The fraction of sp³-hybridized carbons (Fsp3) is 0.650. The lowest BCUT2D eigenvalue weighted by Gasteiger charge is -2.41. The van der Waals surface area contributed by atoms with E-state index in [1.54, 1.807) is 0 Å². The summed E-state index contributed by atoms with van der Waals surface area (Å²) in [7, 11) is 0. The Morgan fingerprint density at radius 2 is 1.83 bits per heavy atom. The molecule has 4 aliphatic rings. The van der Waals surface area contributed by atoms with E-state index in [0.717, 1.165) is 11.0 Å². The van der Waals surface area contributed by atoms with Crippen LogP contribution < -0.4 is 10.5 Å². The van der Waals surface area contributed by atoms with Gasteiger partial charge in [-0.25, -0.2) is 8.78 Å². The quantitative estimate of drug-likeness (QED) is 0.659. The number of nitrogens with zero attached hydrogens (tertiary/aromatic N) is 1. The maximum absolute atomic E-state index is 14.8. The van der Waals surface area contributed by atoms with Gasteiger partial charge in [0.25, 0.3) is 0 Å². The van der Waals surface area contributed by atoms with Gasteiger partial charge < -0.3 is 20.1 Å². The molecular formula is C20H24F4N2O3. The van der Waals surface area contributed by atoms with E-state index in [1.165, 1.54) is 0 Å². The third kappa shape index (κ3) is 3.94. The van der Waals surface area contributed by atoms with Gasteiger partial charge in [-0.3, -0.25) is 4.79 Å². The van der Waals surface area contributed by atoms with Crippen molar-refractivity contribution in [3.63, 3.8) is 0 Å². The van der Waals surface area contributed by atoms with Crippen molar-refractivity contribution >= 4 is 5.91 Å². The molecule has 5 rings (SSSR count). The average molecular weight is 416 g/mol. The van der Waals surface area contributed by atoms with Crippen molar-refractivity contribution in [1.29, 1.82) is 0 Å². The number of amides is 1. The number of ether oxygens (including phenoxy) is 2. The number of benzene rings is 1. The molecule has 1 aromatic carbocycles. The lowest BCUT2D eigenvalue weighted by molar-refractivity contribution is -0.209. The van der Waals surface area contributed by atoms with Gasteiger partial charge in [0.1, 0.15) is 5.82 Å². The smallest absolute Gasteiger partial charge is 0.422 e. The van der Waals surface area contributed by atoms with Crippen LogP contribution in [0.1, 0.15) is 50.0 Å². The van der Waals surface area contributed by atoms with Crippen LogP contribution in [0.2, 0.25) is 0 Å². The van der Waals surface area contributed by atoms with E-state index in [-0.39, 0.29) is 30.7 Å². The largest absolute Gasteiger partial charge is 0.482 e. The van der Waals surface area contributed by atoms with Crippen molar-refractivity contribution in [2.45, 2.75) is 68.7 Å². The Morgan fingerprint density at radius 1 is 1.10 bits per heavy atom. The Kier molecular flexibility index (Phi) is 5.46. The van der Waals surface area contributed by atoms with Crippen molar-refractivity contribution < 1.29 is 31.8 Å². The zero-order valence-corrected chi connectivity index (χ0v) is 15.9. The van der Waals surface area contributed by atoms with Gasteiger partial charge >= 0.3 is 12.0 Å². The second-order valence-electron chi connectivity index (χ2n) is 8.10. The van der Waals surface area contributed by atoms with Crippen LogP contribution in [0.25, 0.3) is 0 Å². The van der Waals surface area contributed by atoms with Crippen LogP contribution in [0.15, 0.2) is 12.1 Å². The monoisotopic (exact) mass is 416 g/mol. The van der Waals surface area contributed by atoms with Crippen LogP contribution in [0.3, 0.4) is 0 Å². The number of halogens is 4. The normalized spacial score (nSPS) is 32.3. The summed E-state index contributed by atoms with van der Waals surface area (Å²) in [5.74, 6) is -4.81. The zero-order valence-electron chi connectivity index (χ0n) is 15.9. The molecule has 3 heterocycles. The molecule has 0 radical (unpaired) electrons. The standard InChI is InChI=1S/C20H24F4N2O3/c21-12-8-14-11-3-5-13(6-4-11)28-10-17-16(25)2-1-7-26(17)19(27)20(23,24)29-18(14)15(22)9-12/h8-9,11,13,16-17H,1-7,10,25H2/t11?,13?,16-,17-/m0/s1. The molecule has 2 bridgehead atoms. The molecular weight excluding hydrogens is 392 g/mol. The molecule has 160 valence electrons. The first kappa shape index (κ1) is 20.4. The SMILES string of the molecule is N[C@H]1CCCN2C(=O)C(F)(F)Oc3c(F)cc(F)cc3C3CCC(CC3)OC[C@@H]12. The highest BCUT2D eigenvalue weighted by Crippen LogP contribution is 2.42. The molecule has 29 heavy (non-hydrogen) atoms. The zero-order chi connectivity index (χ0) is 20.8. The van der Waals surface area contributed by atoms with E-state index >= 15 is 0 Å². The van der Waals surface area contributed by atoms with Gasteiger partial charge in [0.15, 0.2) is 11.6 Å². The summed E-state index contributed by atoms with van der Waals surface area (Å²) >= 11 is 0. The third-order valence-corrected chi connectivity index (χ3v) is 6.22. The number of hydrogen-bond acceptors (Lipinski definition) is 4. The summed E-state index contributed by atoms with van der Waals surface area (Å²) in [6, 6.07) is 0.306. The highest BCUT2D eigenvalue weighted by atomic mass is 19.3. The number of hydrogen-bond donors (Lipinski definition) is 1. The predicted octanol–water partition coefficient (Wildman–Crippen LogP) is 3.31. The maximum atomic E-state index is 14.8. The van der Waals surface area contributed by atoms with Gasteiger partial charge in [0, 0.05) is 24.2 Å². The molecule has 1 aliphatic carbocycles. The van der Waals surface area contributed by atoms with Crippen LogP contribution in [0.4, 0.5) is 17.6 Å². The number of piperidine rings is 1. The first-order valence-corrected chi connectivity index (χ1v) is 10.0. The van der Waals surface area contributed by atoms with Gasteiger partial charge in [-0.15, -0.1) is 0 Å². The molecule has 1 saturated heterocycles. The predicted molar refractivity (Wildman–Crippen MR) is 95.6 cm³/mol. The lowest BCUT2D eigenvalue weighted by atomic mass is 9.82. The number of carbonyl (C=O) groups is 1. The molecule has 1 saturated carbocycles. The van der Waals surface area contributed by atoms with Gasteiger partial charge in [-0.05, 0) is 50.5 Å². The first-order chi connectivity index (χ1) is 13.8. The van der Waals surface area contributed by atoms with Crippen molar-refractivity contribution in [2.24, 2.45) is 5.73 Å². The van der Waals surface area contributed by atoms with E-state index in [0.29, 0.717) is 44.6 Å². The minimum absolute atomic E-state index is 0.0274. The Labute approximate surface area is 166 Å². The van der Waals surface area contributed by atoms with Crippen LogP contribution in [0, 0.1) is 11.6 Å². The Morgan fingerprint density at radius 3 is 2.55 bits per heavy atom. The summed E-state index contributed by atoms with van der Waals surface area (Å²) in [6.07, 6.45) is -1.08. The molecule has 2 N–H and O–H groups in total. The fourth-order valence-corrected chi connectivity index (χ4v) is 4.66. The second kappa shape index (κ2) is 7.75. The number of fused-ring (bicyclic) bond motifs is 5. The highest BCUT2D eigenvalue weighted by Gasteiger charge is 2.50. The minimum atomic E-state index is -4.31. The van der Waals surface area contributed by atoms with Gasteiger partial charge in [-0.2, -0.15) is 8.78 Å². The second-order valence-corrected chi connectivity index (χ2v) is 8.10. The molecule has 2 atom stereocenters.